The molecule has 0 aliphatic carbocycles. The summed E-state index contributed by atoms with van der Waals surface area (Å²) in [7, 11) is 0. The van der Waals surface area contributed by atoms with Gasteiger partial charge < -0.3 is 26.1 Å². The van der Waals surface area contributed by atoms with Gasteiger partial charge in [-0.3, -0.25) is 0 Å². The van der Waals surface area contributed by atoms with Crippen LogP contribution in [0.3, 0.4) is 0 Å². The van der Waals surface area contributed by atoms with E-state index in [1.54, 1.807) is 6.20 Å². The third-order valence-electron chi connectivity index (χ3n) is 3.25. The van der Waals surface area contributed by atoms with Gasteiger partial charge in [-0.15, -0.1) is 39.3 Å². The predicted molar refractivity (Wildman–Crippen MR) is 89.3 cm³/mol. The SMILES string of the molecule is C1CC[N-]C1.C1CC[N-]C1.C1CC[N-]C1.Cc1cc[n-]n1.[Ti+4]. The molecule has 4 heterocycles. The van der Waals surface area contributed by atoms with E-state index in [0.29, 0.717) is 0 Å². The maximum absolute atomic E-state index is 4.08. The Bertz CT molecular complexity index is 247. The summed E-state index contributed by atoms with van der Waals surface area (Å²) in [6.45, 7) is 8.66. The van der Waals surface area contributed by atoms with Gasteiger partial charge in [0.1, 0.15) is 0 Å². The summed E-state index contributed by atoms with van der Waals surface area (Å²) in [6, 6.07) is 1.86. The van der Waals surface area contributed by atoms with Crippen molar-refractivity contribution in [2.24, 2.45) is 0 Å². The summed E-state index contributed by atoms with van der Waals surface area (Å²) in [5.74, 6) is 0. The second-order valence-corrected chi connectivity index (χ2v) is 5.31. The zero-order valence-corrected chi connectivity index (χ0v) is 15.4. The molecule has 4 rings (SSSR count). The maximum Gasteiger partial charge on any atom is 4.00 e. The fourth-order valence-corrected chi connectivity index (χ4v) is 1.98. The number of hydrogen-bond donors (Lipinski definition) is 0. The molecule has 0 saturated carbocycles. The number of hydrogen-bond acceptors (Lipinski definition) is 1. The Kier molecular flexibility index (Phi) is 17.0. The van der Waals surface area contributed by atoms with Crippen molar-refractivity contribution in [3.63, 3.8) is 0 Å². The van der Waals surface area contributed by atoms with E-state index >= 15 is 0 Å². The Morgan fingerprint density at radius 3 is 1.18 bits per heavy atom. The van der Waals surface area contributed by atoms with Crippen LogP contribution < -0.4 is 5.10 Å². The van der Waals surface area contributed by atoms with Crippen LogP contribution in [0, 0.1) is 6.92 Å². The second kappa shape index (κ2) is 17.2. The normalized spacial score (nSPS) is 18.8. The van der Waals surface area contributed by atoms with Gasteiger partial charge in [0, 0.05) is 5.69 Å². The van der Waals surface area contributed by atoms with Crippen LogP contribution in [0.25, 0.3) is 16.0 Å². The zero-order valence-electron chi connectivity index (χ0n) is 13.9. The minimum Gasteiger partial charge on any atom is -0.662 e. The molecule has 0 bridgehead atoms. The van der Waals surface area contributed by atoms with Crippen LogP contribution in [0.1, 0.15) is 44.2 Å². The minimum atomic E-state index is 0. The molecule has 3 saturated heterocycles. The third-order valence-corrected chi connectivity index (χ3v) is 3.25. The average molecular weight is 339 g/mol. The molecule has 0 atom stereocenters. The summed E-state index contributed by atoms with van der Waals surface area (Å²) >= 11 is 0. The topological polar surface area (TPSA) is 69.3 Å². The second-order valence-electron chi connectivity index (χ2n) is 5.31. The van der Waals surface area contributed by atoms with E-state index in [1.165, 1.54) is 38.5 Å². The zero-order chi connectivity index (χ0) is 15.0. The van der Waals surface area contributed by atoms with Crippen molar-refractivity contribution < 1.29 is 21.7 Å². The van der Waals surface area contributed by atoms with Crippen molar-refractivity contribution in [3.05, 3.63) is 33.9 Å². The van der Waals surface area contributed by atoms with Crippen LogP contribution in [0.4, 0.5) is 0 Å². The molecule has 0 spiro atoms. The van der Waals surface area contributed by atoms with E-state index in [-0.39, 0.29) is 21.7 Å². The standard InChI is InChI=1S/C4H5N2.3C4H8N.Ti/c1-4-2-3-5-6-4;3*1-2-4-5-3-1;/h2-3H,1H3;3*1-4H2;/q4*-1;+4. The Labute approximate surface area is 150 Å². The molecule has 3 aliphatic rings. The third kappa shape index (κ3) is 14.7. The number of rotatable bonds is 0. The average Bonchev–Trinajstić information content (AvgIpc) is 3.28. The fraction of sp³-hybridized carbons (Fsp3) is 0.812. The van der Waals surface area contributed by atoms with Gasteiger partial charge in [-0.05, 0) is 6.92 Å². The monoisotopic (exact) mass is 339 g/mol. The van der Waals surface area contributed by atoms with E-state index < -0.39 is 0 Å². The molecule has 5 nitrogen and oxygen atoms in total. The molecule has 3 aliphatic heterocycles. The van der Waals surface area contributed by atoms with Crippen molar-refractivity contribution in [3.8, 4) is 0 Å². The van der Waals surface area contributed by atoms with Crippen LogP contribution in [-0.2, 0) is 21.7 Å². The first-order valence-electron chi connectivity index (χ1n) is 8.20. The van der Waals surface area contributed by atoms with Crippen LogP contribution in [0.15, 0.2) is 12.3 Å². The van der Waals surface area contributed by atoms with Crippen molar-refractivity contribution in [1.82, 2.24) is 10.2 Å². The van der Waals surface area contributed by atoms with Gasteiger partial charge in [0.05, 0.1) is 0 Å². The molecule has 1 aromatic heterocycles. The Morgan fingerprint density at radius 1 is 0.727 bits per heavy atom. The number of aryl methyl sites for hydroxylation is 1. The van der Waals surface area contributed by atoms with E-state index in [9.17, 15) is 0 Å². The summed E-state index contributed by atoms with van der Waals surface area (Å²) < 4.78 is 0. The fourth-order valence-electron chi connectivity index (χ4n) is 1.98. The van der Waals surface area contributed by atoms with E-state index in [2.05, 4.69) is 26.1 Å². The van der Waals surface area contributed by atoms with Gasteiger partial charge in [0.2, 0.25) is 0 Å². The first-order valence-corrected chi connectivity index (χ1v) is 8.20. The first-order chi connectivity index (χ1) is 10.4. The Morgan fingerprint density at radius 2 is 1.09 bits per heavy atom. The smallest absolute Gasteiger partial charge is 0.662 e. The van der Waals surface area contributed by atoms with Gasteiger partial charge in [-0.2, -0.15) is 6.20 Å². The van der Waals surface area contributed by atoms with Crippen molar-refractivity contribution in [1.29, 1.82) is 0 Å². The van der Waals surface area contributed by atoms with Crippen LogP contribution in [-0.4, -0.2) is 44.4 Å². The molecule has 0 aromatic carbocycles. The Balaban J connectivity index is 0.000000264. The Hall–Kier alpha value is -0.196. The quantitative estimate of drug-likeness (QED) is 0.675. The van der Waals surface area contributed by atoms with E-state index in [1.807, 2.05) is 13.0 Å². The minimum absolute atomic E-state index is 0. The molecule has 22 heavy (non-hydrogen) atoms. The molecule has 0 amide bonds. The summed E-state index contributed by atoms with van der Waals surface area (Å²) in [5.41, 5.74) is 0.981. The van der Waals surface area contributed by atoms with Gasteiger partial charge >= 0.3 is 21.7 Å². The van der Waals surface area contributed by atoms with Crippen molar-refractivity contribution >= 4 is 0 Å². The molecule has 0 radical (unpaired) electrons. The van der Waals surface area contributed by atoms with Gasteiger partial charge in [-0.1, -0.05) is 44.6 Å². The molecule has 1 aromatic rings. The van der Waals surface area contributed by atoms with Crippen LogP contribution >= 0.6 is 0 Å². The molecule has 6 heteroatoms. The van der Waals surface area contributed by atoms with Crippen LogP contribution in [0.5, 0.6) is 0 Å². The van der Waals surface area contributed by atoms with Gasteiger partial charge in [0.25, 0.3) is 0 Å². The van der Waals surface area contributed by atoms with E-state index in [4.69, 9.17) is 0 Å². The summed E-state index contributed by atoms with van der Waals surface area (Å²) in [5, 5.41) is 19.5. The molecular weight excluding hydrogens is 310 g/mol. The van der Waals surface area contributed by atoms with Crippen molar-refractivity contribution in [2.45, 2.75) is 45.4 Å². The summed E-state index contributed by atoms with van der Waals surface area (Å²) in [6.07, 6.45) is 9.68. The maximum atomic E-state index is 4.08. The van der Waals surface area contributed by atoms with Crippen molar-refractivity contribution in [2.75, 3.05) is 39.3 Å². The van der Waals surface area contributed by atoms with Gasteiger partial charge in [-0.25, -0.2) is 0 Å². The molecule has 3 fully saturated rings. The largest absolute Gasteiger partial charge is 4.00 e. The van der Waals surface area contributed by atoms with Crippen LogP contribution in [0.2, 0.25) is 0 Å². The summed E-state index contributed by atoms with van der Waals surface area (Å²) in [4.78, 5) is 0. The van der Waals surface area contributed by atoms with Gasteiger partial charge in [0.15, 0.2) is 0 Å². The molecule has 0 unspecified atom stereocenters. The molecular formula is C16H29N5Ti. The first kappa shape index (κ1) is 21.8. The van der Waals surface area contributed by atoms with E-state index in [0.717, 1.165) is 45.0 Å². The number of aromatic nitrogens is 2. The molecule has 0 N–H and O–H groups in total. The molecule has 122 valence electrons. The number of nitrogens with zero attached hydrogens (tertiary/aromatic N) is 5. The predicted octanol–water partition coefficient (Wildman–Crippen LogP) is 3.81.